The van der Waals surface area contributed by atoms with Crippen LogP contribution in [0.15, 0.2) is 116 Å². The molecule has 0 aliphatic carbocycles. The quantitative estimate of drug-likeness (QED) is 0.506. The van der Waals surface area contributed by atoms with Gasteiger partial charge in [0.1, 0.15) is 0 Å². The monoisotopic (exact) mass is 483 g/mol. The summed E-state index contributed by atoms with van der Waals surface area (Å²) >= 11 is 0. The zero-order valence-electron chi connectivity index (χ0n) is 13.0. The van der Waals surface area contributed by atoms with E-state index in [0.29, 0.717) is 0 Å². The Hall–Kier alpha value is -2.17. The summed E-state index contributed by atoms with van der Waals surface area (Å²) in [6.45, 7) is 0. The van der Waals surface area contributed by atoms with Crippen LogP contribution in [-0.2, 0) is 0 Å². The maximum Gasteiger partial charge on any atom is 0.0659 e. The van der Waals surface area contributed by atoms with Crippen LogP contribution in [0.1, 0.15) is 0 Å². The molecule has 0 aromatic rings. The molecule has 0 N–H and O–H groups in total. The van der Waals surface area contributed by atoms with Gasteiger partial charge in [0.05, 0.1) is 45.6 Å². The number of hydrogen-bond donors (Lipinski definition) is 0. The van der Waals surface area contributed by atoms with Crippen molar-refractivity contribution in [3.8, 4) is 0 Å². The Morgan fingerprint density at radius 1 is 0.360 bits per heavy atom. The van der Waals surface area contributed by atoms with Crippen molar-refractivity contribution in [1.29, 1.82) is 0 Å². The van der Waals surface area contributed by atoms with E-state index < -0.39 is 0 Å². The third kappa shape index (κ3) is 3.46. The Morgan fingerprint density at radius 2 is 0.600 bits per heavy atom. The second-order valence-corrected chi connectivity index (χ2v) is 5.76. The molecular formula is C20H12LuN4. The number of fused-ring (bicyclic) bond motifs is 4. The molecule has 5 aliphatic rings. The molecule has 0 aromatic heterocycles. The van der Waals surface area contributed by atoms with E-state index >= 15 is 0 Å². The van der Waals surface area contributed by atoms with Crippen LogP contribution < -0.4 is 0 Å². The standard InChI is InChI=1S/C20H12N4.Lu/c1-2-14-10-16-5-6-18(23-16)12-20-8-7-19(24-20)11-17-4-3-15(22-17)9-13(1)21-14;/h1-12H;. The van der Waals surface area contributed by atoms with E-state index in [1.165, 1.54) is 0 Å². The molecule has 127 valence electrons. The first kappa shape index (κ1) is 16.3. The van der Waals surface area contributed by atoms with Gasteiger partial charge in [-0.15, -0.1) is 0 Å². The molecule has 4 nitrogen and oxygen atoms in total. The van der Waals surface area contributed by atoms with Gasteiger partial charge in [0, 0.05) is 36.9 Å². The number of aliphatic imine (C=N–C) groups is 4. The van der Waals surface area contributed by atoms with Crippen LogP contribution >= 0.6 is 0 Å². The maximum atomic E-state index is 4.59. The minimum absolute atomic E-state index is 0. The van der Waals surface area contributed by atoms with E-state index in [0.717, 1.165) is 45.6 Å². The van der Waals surface area contributed by atoms with Gasteiger partial charge >= 0.3 is 0 Å². The second-order valence-electron chi connectivity index (χ2n) is 5.76. The van der Waals surface area contributed by atoms with Crippen molar-refractivity contribution in [2.75, 3.05) is 0 Å². The fraction of sp³-hybridized carbons (Fsp3) is 0. The Labute approximate surface area is 174 Å². The molecule has 0 unspecified atom stereocenters. The summed E-state index contributed by atoms with van der Waals surface area (Å²) in [4.78, 5) is 18.4. The predicted molar refractivity (Wildman–Crippen MR) is 98.6 cm³/mol. The first-order chi connectivity index (χ1) is 11.8. The van der Waals surface area contributed by atoms with Gasteiger partial charge in [0.25, 0.3) is 0 Å². The summed E-state index contributed by atoms with van der Waals surface area (Å²) in [7, 11) is 0. The van der Waals surface area contributed by atoms with Crippen molar-refractivity contribution in [3.05, 3.63) is 95.7 Å². The number of rotatable bonds is 0. The second kappa shape index (κ2) is 6.62. The smallest absolute Gasteiger partial charge is 0.0659 e. The van der Waals surface area contributed by atoms with Crippen LogP contribution in [0.4, 0.5) is 0 Å². The molecule has 5 heteroatoms. The van der Waals surface area contributed by atoms with Crippen LogP contribution in [0.5, 0.6) is 0 Å². The number of hydrogen-bond acceptors (Lipinski definition) is 4. The fourth-order valence-electron chi connectivity index (χ4n) is 2.83. The van der Waals surface area contributed by atoms with Crippen LogP contribution in [0, 0.1) is 36.9 Å². The van der Waals surface area contributed by atoms with Crippen LogP contribution in [-0.4, -0.2) is 22.8 Å². The summed E-state index contributed by atoms with van der Waals surface area (Å²) in [5.74, 6) is 0. The molecule has 0 saturated heterocycles. The van der Waals surface area contributed by atoms with E-state index in [1.54, 1.807) is 0 Å². The number of nitrogens with zero attached hydrogens (tertiary/aromatic N) is 4. The van der Waals surface area contributed by atoms with Crippen molar-refractivity contribution >= 4 is 22.8 Å². The van der Waals surface area contributed by atoms with Gasteiger partial charge in [0.2, 0.25) is 0 Å². The largest absolute Gasteiger partial charge is 0.249 e. The molecule has 1 radical (unpaired) electrons. The molecule has 0 saturated carbocycles. The molecule has 0 atom stereocenters. The van der Waals surface area contributed by atoms with Gasteiger partial charge in [-0.3, -0.25) is 0 Å². The predicted octanol–water partition coefficient (Wildman–Crippen LogP) is 3.58. The Kier molecular flexibility index (Phi) is 4.32. The SMILES string of the molecule is C1=CC2=NC1=CC1=NC(=CC3=NC(=CC4=NC(=C2)C=C4)C=C3)C=C1.[Lu]. The van der Waals surface area contributed by atoms with E-state index in [9.17, 15) is 0 Å². The van der Waals surface area contributed by atoms with Crippen molar-refractivity contribution < 1.29 is 36.9 Å². The van der Waals surface area contributed by atoms with E-state index in [2.05, 4.69) is 20.0 Å². The van der Waals surface area contributed by atoms with Crippen molar-refractivity contribution in [1.82, 2.24) is 0 Å². The summed E-state index contributed by atoms with van der Waals surface area (Å²) in [6, 6.07) is 0. The van der Waals surface area contributed by atoms with Gasteiger partial charge < -0.3 is 0 Å². The fourth-order valence-corrected chi connectivity index (χ4v) is 2.83. The minimum Gasteiger partial charge on any atom is -0.249 e. The van der Waals surface area contributed by atoms with Gasteiger partial charge in [-0.2, -0.15) is 0 Å². The third-order valence-electron chi connectivity index (χ3n) is 3.92. The van der Waals surface area contributed by atoms with Gasteiger partial charge in [-0.25, -0.2) is 20.0 Å². The van der Waals surface area contributed by atoms with Crippen LogP contribution in [0.3, 0.4) is 0 Å². The molecule has 0 fully saturated rings. The van der Waals surface area contributed by atoms with Crippen molar-refractivity contribution in [2.45, 2.75) is 0 Å². The van der Waals surface area contributed by atoms with Gasteiger partial charge in [0.15, 0.2) is 0 Å². The zero-order valence-corrected chi connectivity index (χ0v) is 14.6. The summed E-state index contributed by atoms with van der Waals surface area (Å²) < 4.78 is 0. The molecule has 5 rings (SSSR count). The molecule has 8 bridgehead atoms. The van der Waals surface area contributed by atoms with Crippen LogP contribution in [0.25, 0.3) is 0 Å². The molecule has 5 heterocycles. The van der Waals surface area contributed by atoms with Crippen LogP contribution in [0.2, 0.25) is 0 Å². The Morgan fingerprint density at radius 3 is 0.840 bits per heavy atom. The Balaban J connectivity index is 0.00000157. The summed E-state index contributed by atoms with van der Waals surface area (Å²) in [5.41, 5.74) is 7.15. The molecule has 0 spiro atoms. The maximum absolute atomic E-state index is 4.59. The van der Waals surface area contributed by atoms with E-state index in [1.807, 2.05) is 72.9 Å². The van der Waals surface area contributed by atoms with Gasteiger partial charge in [-0.1, -0.05) is 0 Å². The average Bonchev–Trinajstić information content (AvgIpc) is 3.32. The first-order valence-corrected chi connectivity index (χ1v) is 7.74. The average molecular weight is 483 g/mol. The van der Waals surface area contributed by atoms with E-state index in [-0.39, 0.29) is 36.9 Å². The molecule has 5 aliphatic heterocycles. The molecule has 0 amide bonds. The van der Waals surface area contributed by atoms with Crippen molar-refractivity contribution in [3.63, 3.8) is 0 Å². The first-order valence-electron chi connectivity index (χ1n) is 7.74. The van der Waals surface area contributed by atoms with Gasteiger partial charge in [-0.05, 0) is 72.9 Å². The normalized spacial score (nSPS) is 21.8. The van der Waals surface area contributed by atoms with E-state index in [4.69, 9.17) is 0 Å². The van der Waals surface area contributed by atoms with Crippen molar-refractivity contribution in [2.24, 2.45) is 20.0 Å². The molecule has 25 heavy (non-hydrogen) atoms. The summed E-state index contributed by atoms with van der Waals surface area (Å²) in [6.07, 6.45) is 23.8. The minimum atomic E-state index is 0. The third-order valence-corrected chi connectivity index (χ3v) is 3.92. The zero-order chi connectivity index (χ0) is 15.9. The summed E-state index contributed by atoms with van der Waals surface area (Å²) in [5, 5.41) is 0. The number of allylic oxidation sites excluding steroid dienone is 12. The Bertz CT molecular complexity index is 848. The topological polar surface area (TPSA) is 49.4 Å². The molecule has 0 aromatic carbocycles. The molecular weight excluding hydrogens is 471 g/mol.